The lowest BCUT2D eigenvalue weighted by Gasteiger charge is -1.90. The average molecular weight is 133 g/mol. The van der Waals surface area contributed by atoms with Crippen molar-refractivity contribution in [2.24, 2.45) is 5.92 Å². The molecule has 1 saturated heterocycles. The van der Waals surface area contributed by atoms with Crippen LogP contribution >= 0.6 is 0 Å². The van der Waals surface area contributed by atoms with E-state index >= 15 is 0 Å². The molecule has 1 aliphatic rings. The Hall–Kier alpha value is -0.0500. The predicted octanol–water partition coefficient (Wildman–Crippen LogP) is 0.603. The van der Waals surface area contributed by atoms with E-state index in [4.69, 9.17) is 0 Å². The van der Waals surface area contributed by atoms with E-state index in [0.717, 1.165) is 6.42 Å². The molecule has 47 valence electrons. The smallest absolute Gasteiger partial charge is 0.154 e. The van der Waals surface area contributed by atoms with E-state index in [2.05, 4.69) is 0 Å². The Labute approximate surface area is 49.8 Å². The SMILES string of the molecule is CC1C[CH]S(=O)(=O)C1. The van der Waals surface area contributed by atoms with Gasteiger partial charge in [-0.1, -0.05) is 6.92 Å². The van der Waals surface area contributed by atoms with Gasteiger partial charge in [0.15, 0.2) is 9.84 Å². The van der Waals surface area contributed by atoms with Crippen LogP contribution in [0.5, 0.6) is 0 Å². The van der Waals surface area contributed by atoms with Crippen molar-refractivity contribution in [3.63, 3.8) is 0 Å². The first-order valence-electron chi connectivity index (χ1n) is 2.66. The van der Waals surface area contributed by atoms with E-state index in [0.29, 0.717) is 11.7 Å². The van der Waals surface area contributed by atoms with Gasteiger partial charge in [0.25, 0.3) is 0 Å². The topological polar surface area (TPSA) is 34.1 Å². The highest BCUT2D eigenvalue weighted by molar-refractivity contribution is 7.93. The lowest BCUT2D eigenvalue weighted by molar-refractivity contribution is 0.600. The fourth-order valence-electron chi connectivity index (χ4n) is 0.844. The molecule has 1 heterocycles. The monoisotopic (exact) mass is 133 g/mol. The van der Waals surface area contributed by atoms with Crippen molar-refractivity contribution in [3.8, 4) is 0 Å². The van der Waals surface area contributed by atoms with E-state index < -0.39 is 9.84 Å². The minimum Gasteiger partial charge on any atom is -0.228 e. The first-order valence-corrected chi connectivity index (χ1v) is 4.38. The van der Waals surface area contributed by atoms with Crippen LogP contribution in [-0.4, -0.2) is 14.2 Å². The van der Waals surface area contributed by atoms with Gasteiger partial charge >= 0.3 is 0 Å². The van der Waals surface area contributed by atoms with Crippen LogP contribution in [0.2, 0.25) is 0 Å². The Bertz CT molecular complexity index is 169. The van der Waals surface area contributed by atoms with Crippen LogP contribution in [0, 0.1) is 11.7 Å². The first kappa shape index (κ1) is 6.08. The van der Waals surface area contributed by atoms with Crippen LogP contribution < -0.4 is 0 Å². The second-order valence-corrected chi connectivity index (χ2v) is 4.33. The molecule has 0 spiro atoms. The minimum atomic E-state index is -2.72. The minimum absolute atomic E-state index is 0.347. The summed E-state index contributed by atoms with van der Waals surface area (Å²) >= 11 is 0. The number of rotatable bonds is 0. The predicted molar refractivity (Wildman–Crippen MR) is 31.9 cm³/mol. The lowest BCUT2D eigenvalue weighted by Crippen LogP contribution is -1.99. The van der Waals surface area contributed by atoms with Gasteiger partial charge in [0.1, 0.15) is 0 Å². The van der Waals surface area contributed by atoms with Gasteiger partial charge < -0.3 is 0 Å². The zero-order chi connectivity index (χ0) is 6.20. The number of hydrogen-bond donors (Lipinski definition) is 0. The Morgan fingerprint density at radius 1 is 1.62 bits per heavy atom. The molecule has 0 aromatic rings. The van der Waals surface area contributed by atoms with E-state index in [1.54, 1.807) is 0 Å². The molecule has 1 radical (unpaired) electrons. The molecule has 0 aromatic carbocycles. The highest BCUT2D eigenvalue weighted by atomic mass is 32.2. The van der Waals surface area contributed by atoms with Crippen LogP contribution in [0.4, 0.5) is 0 Å². The summed E-state index contributed by atoms with van der Waals surface area (Å²) in [6.07, 6.45) is 0.738. The van der Waals surface area contributed by atoms with Crippen molar-refractivity contribution in [3.05, 3.63) is 5.75 Å². The average Bonchev–Trinajstić information content (AvgIpc) is 1.82. The van der Waals surface area contributed by atoms with Crippen molar-refractivity contribution >= 4 is 9.84 Å². The van der Waals surface area contributed by atoms with E-state index in [1.165, 1.54) is 5.75 Å². The van der Waals surface area contributed by atoms with E-state index in [-0.39, 0.29) is 0 Å². The quantitative estimate of drug-likeness (QED) is 0.485. The summed E-state index contributed by atoms with van der Waals surface area (Å²) in [6.45, 7) is 1.95. The molecule has 1 atom stereocenters. The molecular weight excluding hydrogens is 124 g/mol. The third-order valence-electron chi connectivity index (χ3n) is 1.27. The van der Waals surface area contributed by atoms with Crippen molar-refractivity contribution < 1.29 is 8.42 Å². The molecule has 1 aliphatic heterocycles. The van der Waals surface area contributed by atoms with Crippen LogP contribution in [0.1, 0.15) is 13.3 Å². The molecular formula is C5H9O2S. The van der Waals surface area contributed by atoms with Crippen molar-refractivity contribution in [2.45, 2.75) is 13.3 Å². The summed E-state index contributed by atoms with van der Waals surface area (Å²) in [6, 6.07) is 0. The van der Waals surface area contributed by atoms with Gasteiger partial charge in [-0.15, -0.1) is 0 Å². The van der Waals surface area contributed by atoms with Gasteiger partial charge in [0, 0.05) is 0 Å². The highest BCUT2D eigenvalue weighted by Gasteiger charge is 2.24. The summed E-state index contributed by atoms with van der Waals surface area (Å²) in [5, 5.41) is 0. The Kier molecular flexibility index (Phi) is 1.31. The van der Waals surface area contributed by atoms with E-state index in [9.17, 15) is 8.42 Å². The number of sulfone groups is 1. The normalized spacial score (nSPS) is 35.4. The molecule has 3 heteroatoms. The standard InChI is InChI=1S/C5H9O2S/c1-5-2-3-8(6,7)4-5/h3,5H,2,4H2,1H3. The van der Waals surface area contributed by atoms with Gasteiger partial charge in [0.2, 0.25) is 0 Å². The third-order valence-corrected chi connectivity index (χ3v) is 3.00. The molecule has 0 N–H and O–H groups in total. The summed E-state index contributed by atoms with van der Waals surface area (Å²) in [5.74, 6) is 2.12. The van der Waals surface area contributed by atoms with Crippen molar-refractivity contribution in [2.75, 3.05) is 5.75 Å². The molecule has 1 rings (SSSR count). The second kappa shape index (κ2) is 1.72. The highest BCUT2D eigenvalue weighted by Crippen LogP contribution is 2.20. The van der Waals surface area contributed by atoms with E-state index in [1.807, 2.05) is 6.92 Å². The van der Waals surface area contributed by atoms with Gasteiger partial charge in [-0.3, -0.25) is 0 Å². The van der Waals surface area contributed by atoms with Gasteiger partial charge in [-0.25, -0.2) is 8.42 Å². The maximum Gasteiger partial charge on any atom is 0.154 e. The first-order chi connectivity index (χ1) is 3.60. The van der Waals surface area contributed by atoms with Crippen LogP contribution in [-0.2, 0) is 9.84 Å². The molecule has 0 amide bonds. The zero-order valence-corrected chi connectivity index (χ0v) is 5.61. The van der Waals surface area contributed by atoms with Crippen LogP contribution in [0.15, 0.2) is 0 Å². The van der Waals surface area contributed by atoms with Crippen molar-refractivity contribution in [1.82, 2.24) is 0 Å². The molecule has 0 bridgehead atoms. The fraction of sp³-hybridized carbons (Fsp3) is 0.800. The fourth-order valence-corrected chi connectivity index (χ4v) is 2.53. The molecule has 1 fully saturated rings. The second-order valence-electron chi connectivity index (χ2n) is 2.34. The summed E-state index contributed by atoms with van der Waals surface area (Å²) in [7, 11) is -2.72. The Morgan fingerprint density at radius 3 is 2.38 bits per heavy atom. The molecule has 0 saturated carbocycles. The summed E-state index contributed by atoms with van der Waals surface area (Å²) < 4.78 is 21.2. The van der Waals surface area contributed by atoms with Crippen molar-refractivity contribution in [1.29, 1.82) is 0 Å². The van der Waals surface area contributed by atoms with Crippen LogP contribution in [0.25, 0.3) is 0 Å². The largest absolute Gasteiger partial charge is 0.228 e. The summed E-state index contributed by atoms with van der Waals surface area (Å²) in [4.78, 5) is 0. The zero-order valence-electron chi connectivity index (χ0n) is 4.79. The molecule has 1 unspecified atom stereocenters. The molecule has 2 nitrogen and oxygen atoms in total. The van der Waals surface area contributed by atoms with Gasteiger partial charge in [-0.05, 0) is 12.3 Å². The summed E-state index contributed by atoms with van der Waals surface area (Å²) in [5.41, 5.74) is 0. The number of hydrogen-bond acceptors (Lipinski definition) is 2. The lowest BCUT2D eigenvalue weighted by atomic mass is 10.2. The maximum atomic E-state index is 10.6. The molecule has 0 aromatic heterocycles. The van der Waals surface area contributed by atoms with Gasteiger partial charge in [0.05, 0.1) is 11.5 Å². The van der Waals surface area contributed by atoms with Crippen LogP contribution in [0.3, 0.4) is 0 Å². The Balaban J connectivity index is 2.71. The maximum absolute atomic E-state index is 10.6. The molecule has 8 heavy (non-hydrogen) atoms. The third kappa shape index (κ3) is 1.22. The Morgan fingerprint density at radius 2 is 2.25 bits per heavy atom. The van der Waals surface area contributed by atoms with Gasteiger partial charge in [-0.2, -0.15) is 0 Å². The molecule has 0 aliphatic carbocycles.